The average molecular weight is 328 g/mol. The molecular formula is C16H23BrFN. The highest BCUT2D eigenvalue weighted by Gasteiger charge is 2.29. The van der Waals surface area contributed by atoms with Gasteiger partial charge in [-0.2, -0.15) is 0 Å². The van der Waals surface area contributed by atoms with E-state index in [1.165, 1.54) is 25.7 Å². The van der Waals surface area contributed by atoms with Crippen LogP contribution in [0.5, 0.6) is 0 Å². The maximum absolute atomic E-state index is 14.0. The van der Waals surface area contributed by atoms with Crippen LogP contribution < -0.4 is 5.73 Å². The first-order valence-electron chi connectivity index (χ1n) is 7.28. The first-order chi connectivity index (χ1) is 9.13. The van der Waals surface area contributed by atoms with Gasteiger partial charge in [0.25, 0.3) is 0 Å². The van der Waals surface area contributed by atoms with Crippen molar-refractivity contribution in [3.63, 3.8) is 0 Å². The summed E-state index contributed by atoms with van der Waals surface area (Å²) >= 11 is 3.31. The molecule has 0 bridgehead atoms. The van der Waals surface area contributed by atoms with E-state index in [-0.39, 0.29) is 5.82 Å². The summed E-state index contributed by atoms with van der Waals surface area (Å²) in [7, 11) is 0. The van der Waals surface area contributed by atoms with Crippen LogP contribution >= 0.6 is 15.9 Å². The van der Waals surface area contributed by atoms with Crippen molar-refractivity contribution in [2.75, 3.05) is 6.54 Å². The normalized spacial score (nSPS) is 27.5. The summed E-state index contributed by atoms with van der Waals surface area (Å²) in [6.07, 6.45) is 5.76. The molecule has 3 unspecified atom stereocenters. The third kappa shape index (κ3) is 3.79. The standard InChI is InChI=1S/C16H23BrFN/c1-2-11-3-4-13(10-19)14(7-11)8-12-5-6-15(17)9-16(12)18/h5-6,9,11,13-14H,2-4,7-8,10,19H2,1H3. The predicted molar refractivity (Wildman–Crippen MR) is 81.5 cm³/mol. The molecule has 0 saturated heterocycles. The number of hydrogen-bond donors (Lipinski definition) is 1. The molecule has 1 aromatic rings. The lowest BCUT2D eigenvalue weighted by molar-refractivity contribution is 0.179. The van der Waals surface area contributed by atoms with Gasteiger partial charge >= 0.3 is 0 Å². The van der Waals surface area contributed by atoms with Gasteiger partial charge < -0.3 is 5.73 Å². The SMILES string of the molecule is CCC1CCC(CN)C(Cc2ccc(Br)cc2F)C1. The van der Waals surface area contributed by atoms with E-state index in [1.54, 1.807) is 6.07 Å². The summed E-state index contributed by atoms with van der Waals surface area (Å²) in [6, 6.07) is 5.39. The average Bonchev–Trinajstić information content (AvgIpc) is 2.41. The highest BCUT2D eigenvalue weighted by atomic mass is 79.9. The molecule has 1 fully saturated rings. The van der Waals surface area contributed by atoms with Crippen LogP contribution in [0.25, 0.3) is 0 Å². The molecule has 106 valence electrons. The lowest BCUT2D eigenvalue weighted by atomic mass is 9.71. The Balaban J connectivity index is 2.09. The molecule has 3 atom stereocenters. The van der Waals surface area contributed by atoms with Gasteiger partial charge in [0, 0.05) is 4.47 Å². The molecule has 0 heterocycles. The van der Waals surface area contributed by atoms with Gasteiger partial charge in [-0.1, -0.05) is 41.8 Å². The molecule has 0 spiro atoms. The van der Waals surface area contributed by atoms with E-state index in [1.807, 2.05) is 12.1 Å². The number of hydrogen-bond acceptors (Lipinski definition) is 1. The number of halogens is 2. The molecule has 0 aliphatic heterocycles. The van der Waals surface area contributed by atoms with Crippen LogP contribution in [0.4, 0.5) is 4.39 Å². The minimum Gasteiger partial charge on any atom is -0.330 e. The Morgan fingerprint density at radius 3 is 2.74 bits per heavy atom. The summed E-state index contributed by atoms with van der Waals surface area (Å²) in [6.45, 7) is 2.99. The third-order valence-corrected chi connectivity index (χ3v) is 5.12. The molecule has 1 aliphatic carbocycles. The molecular weight excluding hydrogens is 305 g/mol. The Bertz CT molecular complexity index is 421. The lowest BCUT2D eigenvalue weighted by Crippen LogP contribution is -2.31. The summed E-state index contributed by atoms with van der Waals surface area (Å²) in [4.78, 5) is 0. The number of nitrogens with two attached hydrogens (primary N) is 1. The fourth-order valence-electron chi connectivity index (χ4n) is 3.32. The van der Waals surface area contributed by atoms with E-state index in [0.29, 0.717) is 11.8 Å². The quantitative estimate of drug-likeness (QED) is 0.863. The zero-order chi connectivity index (χ0) is 13.8. The van der Waals surface area contributed by atoms with Crippen LogP contribution in [0.2, 0.25) is 0 Å². The molecule has 3 heteroatoms. The summed E-state index contributed by atoms with van der Waals surface area (Å²) < 4.78 is 14.8. The fourth-order valence-corrected chi connectivity index (χ4v) is 3.66. The molecule has 19 heavy (non-hydrogen) atoms. The molecule has 1 aliphatic rings. The van der Waals surface area contributed by atoms with Crippen LogP contribution in [-0.2, 0) is 6.42 Å². The molecule has 1 aromatic carbocycles. The van der Waals surface area contributed by atoms with Crippen molar-refractivity contribution in [3.05, 3.63) is 34.1 Å². The first-order valence-corrected chi connectivity index (χ1v) is 8.07. The highest BCUT2D eigenvalue weighted by Crippen LogP contribution is 2.37. The predicted octanol–water partition coefficient (Wildman–Crippen LogP) is 4.53. The van der Waals surface area contributed by atoms with Gasteiger partial charge in [-0.25, -0.2) is 4.39 Å². The van der Waals surface area contributed by atoms with Gasteiger partial charge in [0.05, 0.1) is 0 Å². The Hall–Kier alpha value is -0.410. The topological polar surface area (TPSA) is 26.0 Å². The maximum Gasteiger partial charge on any atom is 0.127 e. The van der Waals surface area contributed by atoms with Crippen LogP contribution in [0.3, 0.4) is 0 Å². The highest BCUT2D eigenvalue weighted by molar-refractivity contribution is 9.10. The summed E-state index contributed by atoms with van der Waals surface area (Å²) in [5, 5.41) is 0. The molecule has 2 rings (SSSR count). The zero-order valence-electron chi connectivity index (χ0n) is 11.5. The maximum atomic E-state index is 14.0. The van der Waals surface area contributed by atoms with Crippen LogP contribution in [0.1, 0.15) is 38.2 Å². The Labute approximate surface area is 123 Å². The molecule has 0 aromatic heterocycles. The third-order valence-electron chi connectivity index (χ3n) is 4.63. The molecule has 1 saturated carbocycles. The van der Waals surface area contributed by atoms with Gasteiger partial charge in [0.1, 0.15) is 5.82 Å². The van der Waals surface area contributed by atoms with E-state index >= 15 is 0 Å². The second-order valence-electron chi connectivity index (χ2n) is 5.78. The van der Waals surface area contributed by atoms with E-state index < -0.39 is 0 Å². The van der Waals surface area contributed by atoms with Crippen molar-refractivity contribution in [1.29, 1.82) is 0 Å². The number of rotatable bonds is 4. The van der Waals surface area contributed by atoms with Crippen molar-refractivity contribution in [2.45, 2.75) is 39.0 Å². The van der Waals surface area contributed by atoms with Crippen molar-refractivity contribution >= 4 is 15.9 Å². The molecule has 0 radical (unpaired) electrons. The van der Waals surface area contributed by atoms with Crippen molar-refractivity contribution in [1.82, 2.24) is 0 Å². The second kappa shape index (κ2) is 6.85. The Morgan fingerprint density at radius 1 is 1.32 bits per heavy atom. The molecule has 0 amide bonds. The van der Waals surface area contributed by atoms with Gasteiger partial charge in [-0.3, -0.25) is 0 Å². The van der Waals surface area contributed by atoms with Crippen LogP contribution in [0.15, 0.2) is 22.7 Å². The monoisotopic (exact) mass is 327 g/mol. The minimum atomic E-state index is -0.0937. The van der Waals surface area contributed by atoms with E-state index in [2.05, 4.69) is 22.9 Å². The summed E-state index contributed by atoms with van der Waals surface area (Å²) in [5.74, 6) is 1.81. The van der Waals surface area contributed by atoms with E-state index in [4.69, 9.17) is 5.73 Å². The first kappa shape index (κ1) is 15.0. The van der Waals surface area contributed by atoms with Crippen molar-refractivity contribution in [2.24, 2.45) is 23.5 Å². The van der Waals surface area contributed by atoms with E-state index in [0.717, 1.165) is 28.9 Å². The Morgan fingerprint density at radius 2 is 2.11 bits per heavy atom. The minimum absolute atomic E-state index is 0.0937. The van der Waals surface area contributed by atoms with Gasteiger partial charge in [-0.05, 0) is 61.3 Å². The van der Waals surface area contributed by atoms with Crippen molar-refractivity contribution < 1.29 is 4.39 Å². The summed E-state index contributed by atoms with van der Waals surface area (Å²) in [5.41, 5.74) is 6.73. The van der Waals surface area contributed by atoms with Gasteiger partial charge in [0.15, 0.2) is 0 Å². The van der Waals surface area contributed by atoms with Gasteiger partial charge in [-0.15, -0.1) is 0 Å². The second-order valence-corrected chi connectivity index (χ2v) is 6.70. The molecule has 2 N–H and O–H groups in total. The van der Waals surface area contributed by atoms with E-state index in [9.17, 15) is 4.39 Å². The fraction of sp³-hybridized carbons (Fsp3) is 0.625. The smallest absolute Gasteiger partial charge is 0.127 e. The van der Waals surface area contributed by atoms with Crippen LogP contribution in [0, 0.1) is 23.6 Å². The number of benzene rings is 1. The van der Waals surface area contributed by atoms with Crippen LogP contribution in [-0.4, -0.2) is 6.54 Å². The van der Waals surface area contributed by atoms with Gasteiger partial charge in [0.2, 0.25) is 0 Å². The molecule has 1 nitrogen and oxygen atoms in total. The Kier molecular flexibility index (Phi) is 5.40. The lowest BCUT2D eigenvalue weighted by Gasteiger charge is -2.35. The largest absolute Gasteiger partial charge is 0.330 e. The van der Waals surface area contributed by atoms with Crippen molar-refractivity contribution in [3.8, 4) is 0 Å². The zero-order valence-corrected chi connectivity index (χ0v) is 13.1.